The van der Waals surface area contributed by atoms with E-state index in [4.69, 9.17) is 14.6 Å². The average Bonchev–Trinajstić information content (AvgIpc) is 2.39. The van der Waals surface area contributed by atoms with Crippen molar-refractivity contribution < 1.29 is 19.4 Å². The largest absolute Gasteiger partial charge is 0.493 e. The van der Waals surface area contributed by atoms with Crippen molar-refractivity contribution in [1.82, 2.24) is 5.32 Å². The van der Waals surface area contributed by atoms with Crippen molar-refractivity contribution in [2.24, 2.45) is 0 Å². The highest BCUT2D eigenvalue weighted by molar-refractivity contribution is 5.80. The van der Waals surface area contributed by atoms with E-state index in [1.54, 1.807) is 25.1 Å². The van der Waals surface area contributed by atoms with Crippen LogP contribution in [0.25, 0.3) is 0 Å². The Hall–Kier alpha value is -1.75. The van der Waals surface area contributed by atoms with Crippen LogP contribution in [0.5, 0.6) is 11.5 Å². The van der Waals surface area contributed by atoms with Crippen LogP contribution in [-0.2, 0) is 11.4 Å². The van der Waals surface area contributed by atoms with Crippen molar-refractivity contribution in [3.63, 3.8) is 0 Å². The summed E-state index contributed by atoms with van der Waals surface area (Å²) in [5.74, 6) is 0.803. The molecule has 0 saturated carbocycles. The topological polar surface area (TPSA) is 67.8 Å². The Balaban J connectivity index is 2.80. The fourth-order valence-electron chi connectivity index (χ4n) is 1.47. The Bertz CT molecular complexity index is 406. The first kappa shape index (κ1) is 14.3. The number of nitrogens with one attached hydrogen (secondary N) is 1. The molecule has 1 aromatic carbocycles. The van der Waals surface area contributed by atoms with E-state index in [1.165, 1.54) is 7.11 Å². The molecule has 1 unspecified atom stereocenters. The van der Waals surface area contributed by atoms with Gasteiger partial charge in [-0.15, -0.1) is 0 Å². The number of methoxy groups -OCH3 is 1. The fourth-order valence-corrected chi connectivity index (χ4v) is 1.47. The van der Waals surface area contributed by atoms with E-state index in [0.29, 0.717) is 18.0 Å². The van der Waals surface area contributed by atoms with Gasteiger partial charge in [-0.05, 0) is 31.5 Å². The first-order chi connectivity index (χ1) is 8.62. The maximum absolute atomic E-state index is 11.6. The molecule has 2 N–H and O–H groups in total. The first-order valence-electron chi connectivity index (χ1n) is 5.84. The second kappa shape index (κ2) is 6.86. The van der Waals surface area contributed by atoms with Crippen LogP contribution in [0.1, 0.15) is 19.4 Å². The van der Waals surface area contributed by atoms with Crippen molar-refractivity contribution in [3.8, 4) is 11.5 Å². The molecule has 18 heavy (non-hydrogen) atoms. The Morgan fingerprint density at radius 3 is 2.72 bits per heavy atom. The number of aliphatic hydroxyl groups excluding tert-OH is 1. The summed E-state index contributed by atoms with van der Waals surface area (Å²) < 4.78 is 10.7. The second-order valence-corrected chi connectivity index (χ2v) is 3.80. The van der Waals surface area contributed by atoms with Gasteiger partial charge in [-0.2, -0.15) is 0 Å². The molecular weight excluding hydrogens is 234 g/mol. The van der Waals surface area contributed by atoms with Gasteiger partial charge in [0.05, 0.1) is 13.7 Å². The molecule has 0 spiro atoms. The van der Waals surface area contributed by atoms with E-state index in [0.717, 1.165) is 5.56 Å². The maximum Gasteiger partial charge on any atom is 0.260 e. The molecule has 0 aliphatic rings. The molecule has 0 heterocycles. The predicted molar refractivity (Wildman–Crippen MR) is 67.7 cm³/mol. The number of benzene rings is 1. The molecule has 1 rings (SSSR count). The van der Waals surface area contributed by atoms with Crippen LogP contribution in [0, 0.1) is 0 Å². The molecule has 0 saturated heterocycles. The van der Waals surface area contributed by atoms with E-state index >= 15 is 0 Å². The molecule has 0 aromatic heterocycles. The lowest BCUT2D eigenvalue weighted by molar-refractivity contribution is -0.127. The van der Waals surface area contributed by atoms with Crippen molar-refractivity contribution in [1.29, 1.82) is 0 Å². The third-order valence-corrected chi connectivity index (χ3v) is 2.43. The SMILES string of the molecule is CCNC(=O)C(C)Oc1ccc(CO)cc1OC. The number of carbonyl (C=O) groups excluding carboxylic acids is 1. The number of amides is 1. The van der Waals surface area contributed by atoms with Crippen molar-refractivity contribution in [3.05, 3.63) is 23.8 Å². The van der Waals surface area contributed by atoms with Crippen LogP contribution in [0.4, 0.5) is 0 Å². The molecule has 1 atom stereocenters. The van der Waals surface area contributed by atoms with E-state index in [2.05, 4.69) is 5.32 Å². The van der Waals surface area contributed by atoms with Gasteiger partial charge in [-0.1, -0.05) is 6.07 Å². The van der Waals surface area contributed by atoms with Crippen LogP contribution < -0.4 is 14.8 Å². The molecule has 0 aliphatic heterocycles. The first-order valence-corrected chi connectivity index (χ1v) is 5.84. The molecule has 1 amide bonds. The van der Waals surface area contributed by atoms with Gasteiger partial charge in [-0.25, -0.2) is 0 Å². The predicted octanol–water partition coefficient (Wildman–Crippen LogP) is 1.09. The molecule has 0 fully saturated rings. The average molecular weight is 253 g/mol. The monoisotopic (exact) mass is 253 g/mol. The van der Waals surface area contributed by atoms with Gasteiger partial charge in [0.25, 0.3) is 5.91 Å². The number of rotatable bonds is 6. The van der Waals surface area contributed by atoms with Gasteiger partial charge in [-0.3, -0.25) is 4.79 Å². The van der Waals surface area contributed by atoms with Crippen LogP contribution in [0.2, 0.25) is 0 Å². The van der Waals surface area contributed by atoms with Crippen molar-refractivity contribution in [2.45, 2.75) is 26.6 Å². The fraction of sp³-hybridized carbons (Fsp3) is 0.462. The number of carbonyl (C=O) groups is 1. The zero-order chi connectivity index (χ0) is 13.5. The van der Waals surface area contributed by atoms with Crippen molar-refractivity contribution >= 4 is 5.91 Å². The molecule has 0 bridgehead atoms. The molecule has 0 radical (unpaired) electrons. The van der Waals surface area contributed by atoms with Crippen LogP contribution in [-0.4, -0.2) is 30.8 Å². The van der Waals surface area contributed by atoms with Crippen molar-refractivity contribution in [2.75, 3.05) is 13.7 Å². The zero-order valence-electron chi connectivity index (χ0n) is 10.9. The summed E-state index contributed by atoms with van der Waals surface area (Å²) in [6.07, 6.45) is -0.598. The minimum atomic E-state index is -0.598. The maximum atomic E-state index is 11.6. The smallest absolute Gasteiger partial charge is 0.260 e. The summed E-state index contributed by atoms with van der Waals surface area (Å²) in [5.41, 5.74) is 0.727. The minimum Gasteiger partial charge on any atom is -0.493 e. The summed E-state index contributed by atoms with van der Waals surface area (Å²) in [5, 5.41) is 11.7. The quantitative estimate of drug-likeness (QED) is 0.796. The number of hydrogen-bond donors (Lipinski definition) is 2. The van der Waals surface area contributed by atoms with Gasteiger partial charge in [0.1, 0.15) is 0 Å². The summed E-state index contributed by atoms with van der Waals surface area (Å²) in [4.78, 5) is 11.6. The van der Waals surface area contributed by atoms with E-state index < -0.39 is 6.10 Å². The molecular formula is C13H19NO4. The number of likely N-dealkylation sites (N-methyl/N-ethyl adjacent to an activating group) is 1. The van der Waals surface area contributed by atoms with Gasteiger partial charge in [0.2, 0.25) is 0 Å². The van der Waals surface area contributed by atoms with Crippen LogP contribution in [0.3, 0.4) is 0 Å². The third-order valence-electron chi connectivity index (χ3n) is 2.43. The highest BCUT2D eigenvalue weighted by Crippen LogP contribution is 2.28. The zero-order valence-corrected chi connectivity index (χ0v) is 10.9. The Labute approximate surface area is 107 Å². The Morgan fingerprint density at radius 1 is 1.44 bits per heavy atom. The molecule has 1 aromatic rings. The van der Waals surface area contributed by atoms with Gasteiger partial charge in [0.15, 0.2) is 17.6 Å². The number of ether oxygens (including phenoxy) is 2. The lowest BCUT2D eigenvalue weighted by atomic mass is 10.2. The van der Waals surface area contributed by atoms with Gasteiger partial charge >= 0.3 is 0 Å². The van der Waals surface area contributed by atoms with E-state index in [1.807, 2.05) is 6.92 Å². The summed E-state index contributed by atoms with van der Waals surface area (Å²) in [7, 11) is 1.51. The summed E-state index contributed by atoms with van der Waals surface area (Å²) in [6, 6.07) is 5.09. The third kappa shape index (κ3) is 3.63. The normalized spacial score (nSPS) is 11.8. The van der Waals surface area contributed by atoms with Gasteiger partial charge in [0, 0.05) is 6.54 Å². The molecule has 0 aliphatic carbocycles. The molecule has 5 heteroatoms. The Morgan fingerprint density at radius 2 is 2.17 bits per heavy atom. The summed E-state index contributed by atoms with van der Waals surface area (Å²) in [6.45, 7) is 4.02. The Kier molecular flexibility index (Phi) is 5.45. The van der Waals surface area contributed by atoms with E-state index in [-0.39, 0.29) is 12.5 Å². The highest BCUT2D eigenvalue weighted by atomic mass is 16.5. The van der Waals surface area contributed by atoms with Crippen LogP contribution in [0.15, 0.2) is 18.2 Å². The lowest BCUT2D eigenvalue weighted by Crippen LogP contribution is -2.36. The molecule has 100 valence electrons. The van der Waals surface area contributed by atoms with Crippen LogP contribution >= 0.6 is 0 Å². The number of aliphatic hydroxyl groups is 1. The minimum absolute atomic E-state index is 0.0670. The standard InChI is InChI=1S/C13H19NO4/c1-4-14-13(16)9(2)18-11-6-5-10(8-15)7-12(11)17-3/h5-7,9,15H,4,8H2,1-3H3,(H,14,16). The highest BCUT2D eigenvalue weighted by Gasteiger charge is 2.16. The summed E-state index contributed by atoms with van der Waals surface area (Å²) >= 11 is 0. The number of hydrogen-bond acceptors (Lipinski definition) is 4. The second-order valence-electron chi connectivity index (χ2n) is 3.80. The lowest BCUT2D eigenvalue weighted by Gasteiger charge is -2.16. The van der Waals surface area contributed by atoms with Gasteiger partial charge < -0.3 is 19.9 Å². The molecule has 5 nitrogen and oxygen atoms in total. The van der Waals surface area contributed by atoms with E-state index in [9.17, 15) is 4.79 Å².